The lowest BCUT2D eigenvalue weighted by Gasteiger charge is -2.33. The van der Waals surface area contributed by atoms with Crippen LogP contribution in [0, 0.1) is 5.92 Å². The lowest BCUT2D eigenvalue weighted by Crippen LogP contribution is -2.34. The van der Waals surface area contributed by atoms with Crippen LogP contribution in [-0.2, 0) is 9.47 Å². The van der Waals surface area contributed by atoms with Crippen molar-refractivity contribution in [2.45, 2.75) is 35.2 Å². The van der Waals surface area contributed by atoms with Crippen molar-refractivity contribution in [1.82, 2.24) is 0 Å². The molecule has 1 aliphatic carbocycles. The second-order valence-corrected chi connectivity index (χ2v) is 5.80. The molecule has 0 amide bonds. The largest absolute Gasteiger partial charge is 0.356 e. The fraction of sp³-hybridized carbons (Fsp3) is 1.00. The van der Waals surface area contributed by atoms with E-state index in [9.17, 15) is 0 Å². The van der Waals surface area contributed by atoms with Gasteiger partial charge in [-0.3, -0.25) is 0 Å². The number of rotatable bonds is 3. The fourth-order valence-electron chi connectivity index (χ4n) is 1.84. The van der Waals surface area contributed by atoms with Crippen molar-refractivity contribution >= 4 is 31.9 Å². The third-order valence-corrected chi connectivity index (χ3v) is 5.40. The van der Waals surface area contributed by atoms with Crippen molar-refractivity contribution in [2.75, 3.05) is 14.2 Å². The standard InChI is InChI=1S/C9H16Br2O2/c1-12-9(13-2)6-3-4-7(10)8(11)5-6/h6-9H,3-5H2,1-2H3. The predicted octanol–water partition coefficient (Wildman–Crippen LogP) is 2.93. The van der Waals surface area contributed by atoms with Gasteiger partial charge in [0.1, 0.15) is 0 Å². The molecular formula is C9H16Br2O2. The Morgan fingerprint density at radius 1 is 1.08 bits per heavy atom. The Labute approximate surface area is 96.6 Å². The topological polar surface area (TPSA) is 18.5 Å². The molecule has 1 rings (SSSR count). The first-order valence-corrected chi connectivity index (χ1v) is 6.36. The van der Waals surface area contributed by atoms with Gasteiger partial charge in [0.15, 0.2) is 6.29 Å². The van der Waals surface area contributed by atoms with Crippen molar-refractivity contribution in [2.24, 2.45) is 5.92 Å². The van der Waals surface area contributed by atoms with Gasteiger partial charge in [0, 0.05) is 29.8 Å². The van der Waals surface area contributed by atoms with E-state index >= 15 is 0 Å². The van der Waals surface area contributed by atoms with Crippen LogP contribution in [0.1, 0.15) is 19.3 Å². The van der Waals surface area contributed by atoms with Gasteiger partial charge in [0.05, 0.1) is 0 Å². The van der Waals surface area contributed by atoms with Crippen LogP contribution in [0.15, 0.2) is 0 Å². The molecule has 0 radical (unpaired) electrons. The van der Waals surface area contributed by atoms with E-state index in [0.717, 1.165) is 6.42 Å². The molecule has 0 aromatic heterocycles. The van der Waals surface area contributed by atoms with Gasteiger partial charge in [-0.1, -0.05) is 31.9 Å². The molecule has 3 atom stereocenters. The van der Waals surface area contributed by atoms with Crippen LogP contribution < -0.4 is 0 Å². The average Bonchev–Trinajstić information content (AvgIpc) is 2.13. The van der Waals surface area contributed by atoms with E-state index in [4.69, 9.17) is 9.47 Å². The van der Waals surface area contributed by atoms with Gasteiger partial charge in [0.2, 0.25) is 0 Å². The van der Waals surface area contributed by atoms with Gasteiger partial charge < -0.3 is 9.47 Å². The minimum Gasteiger partial charge on any atom is -0.356 e. The SMILES string of the molecule is COC(OC)C1CCC(Br)C(Br)C1. The second kappa shape index (κ2) is 5.69. The Kier molecular flexibility index (Phi) is 5.23. The minimum atomic E-state index is -0.0416. The van der Waals surface area contributed by atoms with Crippen molar-refractivity contribution in [3.8, 4) is 0 Å². The van der Waals surface area contributed by atoms with Gasteiger partial charge in [-0.15, -0.1) is 0 Å². The Morgan fingerprint density at radius 3 is 2.15 bits per heavy atom. The first-order valence-electron chi connectivity index (χ1n) is 4.52. The van der Waals surface area contributed by atoms with E-state index in [2.05, 4.69) is 31.9 Å². The summed E-state index contributed by atoms with van der Waals surface area (Å²) >= 11 is 7.31. The van der Waals surface area contributed by atoms with E-state index < -0.39 is 0 Å². The molecule has 2 nitrogen and oxygen atoms in total. The van der Waals surface area contributed by atoms with E-state index in [-0.39, 0.29) is 6.29 Å². The highest BCUT2D eigenvalue weighted by atomic mass is 79.9. The normalized spacial score (nSPS) is 35.3. The molecule has 0 aromatic carbocycles. The number of hydrogen-bond acceptors (Lipinski definition) is 2. The van der Waals surface area contributed by atoms with E-state index in [0.29, 0.717) is 15.6 Å². The monoisotopic (exact) mass is 314 g/mol. The molecule has 0 saturated heterocycles. The zero-order valence-corrected chi connectivity index (χ0v) is 11.2. The summed E-state index contributed by atoms with van der Waals surface area (Å²) in [5.41, 5.74) is 0. The first-order chi connectivity index (χ1) is 6.19. The summed E-state index contributed by atoms with van der Waals surface area (Å²) in [7, 11) is 3.41. The molecule has 1 fully saturated rings. The Balaban J connectivity index is 2.44. The summed E-state index contributed by atoms with van der Waals surface area (Å²) in [6.07, 6.45) is 3.43. The average molecular weight is 316 g/mol. The zero-order valence-electron chi connectivity index (χ0n) is 8.00. The Bertz CT molecular complexity index is 151. The van der Waals surface area contributed by atoms with Gasteiger partial charge in [-0.25, -0.2) is 0 Å². The number of ether oxygens (including phenoxy) is 2. The summed E-state index contributed by atoms with van der Waals surface area (Å²) in [4.78, 5) is 1.14. The van der Waals surface area contributed by atoms with Crippen molar-refractivity contribution in [1.29, 1.82) is 0 Å². The van der Waals surface area contributed by atoms with Crippen LogP contribution in [0.2, 0.25) is 0 Å². The van der Waals surface area contributed by atoms with Crippen LogP contribution in [-0.4, -0.2) is 30.2 Å². The predicted molar refractivity (Wildman–Crippen MR) is 60.6 cm³/mol. The van der Waals surface area contributed by atoms with Crippen LogP contribution >= 0.6 is 31.9 Å². The molecule has 0 aliphatic heterocycles. The van der Waals surface area contributed by atoms with Crippen molar-refractivity contribution in [3.05, 3.63) is 0 Å². The Hall–Kier alpha value is 0.880. The molecule has 0 heterocycles. The molecule has 13 heavy (non-hydrogen) atoms. The fourth-order valence-corrected chi connectivity index (χ4v) is 3.06. The van der Waals surface area contributed by atoms with Crippen LogP contribution in [0.5, 0.6) is 0 Å². The van der Waals surface area contributed by atoms with E-state index in [1.165, 1.54) is 12.8 Å². The molecule has 0 N–H and O–H groups in total. The van der Waals surface area contributed by atoms with Crippen LogP contribution in [0.4, 0.5) is 0 Å². The quantitative estimate of drug-likeness (QED) is 0.589. The van der Waals surface area contributed by atoms with Gasteiger partial charge >= 0.3 is 0 Å². The first kappa shape index (κ1) is 12.0. The van der Waals surface area contributed by atoms with Crippen molar-refractivity contribution < 1.29 is 9.47 Å². The zero-order chi connectivity index (χ0) is 9.84. The van der Waals surface area contributed by atoms with Crippen LogP contribution in [0.25, 0.3) is 0 Å². The second-order valence-electron chi connectivity index (χ2n) is 3.44. The number of alkyl halides is 2. The summed E-state index contributed by atoms with van der Waals surface area (Å²) in [6.45, 7) is 0. The van der Waals surface area contributed by atoms with Gasteiger partial charge in [-0.2, -0.15) is 0 Å². The molecule has 0 bridgehead atoms. The maximum absolute atomic E-state index is 5.26. The minimum absolute atomic E-state index is 0.0416. The molecule has 78 valence electrons. The number of hydrogen-bond donors (Lipinski definition) is 0. The maximum atomic E-state index is 5.26. The third-order valence-electron chi connectivity index (χ3n) is 2.58. The van der Waals surface area contributed by atoms with E-state index in [1.807, 2.05) is 0 Å². The maximum Gasteiger partial charge on any atom is 0.159 e. The van der Waals surface area contributed by atoms with Crippen molar-refractivity contribution in [3.63, 3.8) is 0 Å². The molecule has 1 saturated carbocycles. The van der Waals surface area contributed by atoms with E-state index in [1.54, 1.807) is 14.2 Å². The highest BCUT2D eigenvalue weighted by Gasteiger charge is 2.31. The summed E-state index contributed by atoms with van der Waals surface area (Å²) in [5, 5.41) is 0. The molecule has 0 spiro atoms. The summed E-state index contributed by atoms with van der Waals surface area (Å²) in [6, 6.07) is 0. The molecule has 3 unspecified atom stereocenters. The highest BCUT2D eigenvalue weighted by Crippen LogP contribution is 2.35. The van der Waals surface area contributed by atoms with Gasteiger partial charge in [-0.05, 0) is 19.3 Å². The lowest BCUT2D eigenvalue weighted by molar-refractivity contribution is -0.142. The lowest BCUT2D eigenvalue weighted by atomic mass is 9.88. The third kappa shape index (κ3) is 3.18. The molecule has 1 aliphatic rings. The molecule has 0 aromatic rings. The number of halogens is 2. The summed E-state index contributed by atoms with van der Waals surface area (Å²) < 4.78 is 10.5. The Morgan fingerprint density at radius 2 is 1.69 bits per heavy atom. The number of methoxy groups -OCH3 is 2. The smallest absolute Gasteiger partial charge is 0.159 e. The molecular weight excluding hydrogens is 300 g/mol. The van der Waals surface area contributed by atoms with Gasteiger partial charge in [0.25, 0.3) is 0 Å². The highest BCUT2D eigenvalue weighted by molar-refractivity contribution is 9.12. The molecule has 4 heteroatoms. The van der Waals surface area contributed by atoms with Crippen LogP contribution in [0.3, 0.4) is 0 Å². The summed E-state index contributed by atoms with van der Waals surface area (Å²) in [5.74, 6) is 0.521.